The molecule has 0 aliphatic rings. The SMILES string of the molecule is CC[C@@H](C)Nc1nc(N)c([N+](=O)[O-])c(NCCO)n1. The van der Waals surface area contributed by atoms with Gasteiger partial charge in [-0.2, -0.15) is 9.97 Å². The van der Waals surface area contributed by atoms with Gasteiger partial charge in [-0.1, -0.05) is 6.92 Å². The Balaban J connectivity index is 3.10. The minimum atomic E-state index is -0.651. The Kier molecular flexibility index (Phi) is 5.24. The highest BCUT2D eigenvalue weighted by Gasteiger charge is 2.23. The topological polar surface area (TPSA) is 139 Å². The molecule has 1 atom stereocenters. The summed E-state index contributed by atoms with van der Waals surface area (Å²) in [6.45, 7) is 3.88. The molecule has 0 bridgehead atoms. The smallest absolute Gasteiger partial charge is 0.353 e. The van der Waals surface area contributed by atoms with Crippen LogP contribution in [0.5, 0.6) is 0 Å². The van der Waals surface area contributed by atoms with Crippen LogP contribution in [-0.4, -0.2) is 39.2 Å². The molecule has 0 aromatic carbocycles. The molecule has 5 N–H and O–H groups in total. The lowest BCUT2D eigenvalue weighted by atomic mass is 10.3. The summed E-state index contributed by atoms with van der Waals surface area (Å²) < 4.78 is 0. The minimum absolute atomic E-state index is 0.00245. The molecule has 0 amide bonds. The average molecular weight is 270 g/mol. The van der Waals surface area contributed by atoms with Crippen molar-refractivity contribution in [2.45, 2.75) is 26.3 Å². The lowest BCUT2D eigenvalue weighted by Crippen LogP contribution is -2.18. The van der Waals surface area contributed by atoms with Crippen LogP contribution in [-0.2, 0) is 0 Å². The van der Waals surface area contributed by atoms with Crippen molar-refractivity contribution >= 4 is 23.3 Å². The molecule has 0 spiro atoms. The number of aliphatic hydroxyl groups excluding tert-OH is 1. The van der Waals surface area contributed by atoms with E-state index in [1.54, 1.807) is 0 Å². The summed E-state index contributed by atoms with van der Waals surface area (Å²) in [6, 6.07) is 0.117. The second-order valence-corrected chi connectivity index (χ2v) is 3.99. The Bertz CT molecular complexity index is 453. The maximum absolute atomic E-state index is 10.9. The zero-order chi connectivity index (χ0) is 14.4. The van der Waals surface area contributed by atoms with Crippen LogP contribution >= 0.6 is 0 Å². The number of nitrogens with two attached hydrogens (primary N) is 1. The second kappa shape index (κ2) is 6.69. The van der Waals surface area contributed by atoms with E-state index in [9.17, 15) is 10.1 Å². The highest BCUT2D eigenvalue weighted by Crippen LogP contribution is 2.28. The molecular formula is C10H18N6O3. The van der Waals surface area contributed by atoms with Crippen molar-refractivity contribution in [3.63, 3.8) is 0 Å². The Morgan fingerprint density at radius 2 is 2.21 bits per heavy atom. The number of aromatic nitrogens is 2. The summed E-state index contributed by atoms with van der Waals surface area (Å²) in [6.07, 6.45) is 0.847. The number of nitrogens with one attached hydrogen (secondary N) is 2. The molecule has 0 fully saturated rings. The molecule has 1 aromatic heterocycles. The van der Waals surface area contributed by atoms with Gasteiger partial charge in [-0.05, 0) is 13.3 Å². The molecule has 106 valence electrons. The van der Waals surface area contributed by atoms with E-state index in [1.165, 1.54) is 0 Å². The molecule has 9 heteroatoms. The molecule has 0 saturated heterocycles. The zero-order valence-corrected chi connectivity index (χ0v) is 10.9. The molecular weight excluding hydrogens is 252 g/mol. The molecule has 1 aromatic rings. The molecule has 0 saturated carbocycles. The van der Waals surface area contributed by atoms with Gasteiger partial charge in [0.05, 0.1) is 11.5 Å². The number of nitrogen functional groups attached to an aromatic ring is 1. The van der Waals surface area contributed by atoms with E-state index >= 15 is 0 Å². The predicted octanol–water partition coefficient (Wildman–Crippen LogP) is 0.582. The Labute approximate surface area is 110 Å². The molecule has 0 unspecified atom stereocenters. The second-order valence-electron chi connectivity index (χ2n) is 3.99. The maximum atomic E-state index is 10.9. The van der Waals surface area contributed by atoms with Crippen LogP contribution < -0.4 is 16.4 Å². The summed E-state index contributed by atoms with van der Waals surface area (Å²) >= 11 is 0. The Morgan fingerprint density at radius 1 is 1.53 bits per heavy atom. The summed E-state index contributed by atoms with van der Waals surface area (Å²) in [4.78, 5) is 18.1. The summed E-state index contributed by atoms with van der Waals surface area (Å²) in [5.74, 6) is 0.00138. The first-order valence-electron chi connectivity index (χ1n) is 5.92. The molecule has 9 nitrogen and oxygen atoms in total. The normalized spacial score (nSPS) is 11.9. The lowest BCUT2D eigenvalue weighted by molar-refractivity contribution is -0.383. The summed E-state index contributed by atoms with van der Waals surface area (Å²) in [7, 11) is 0. The lowest BCUT2D eigenvalue weighted by Gasteiger charge is -2.13. The van der Waals surface area contributed by atoms with Crippen LogP contribution in [0.3, 0.4) is 0 Å². The number of rotatable bonds is 7. The van der Waals surface area contributed by atoms with Crippen molar-refractivity contribution in [1.29, 1.82) is 0 Å². The molecule has 19 heavy (non-hydrogen) atoms. The third-order valence-electron chi connectivity index (χ3n) is 2.49. The number of hydrogen-bond donors (Lipinski definition) is 4. The van der Waals surface area contributed by atoms with Gasteiger partial charge in [-0.15, -0.1) is 0 Å². The largest absolute Gasteiger partial charge is 0.395 e. The van der Waals surface area contributed by atoms with Crippen molar-refractivity contribution in [3.05, 3.63) is 10.1 Å². The fourth-order valence-corrected chi connectivity index (χ4v) is 1.34. The fourth-order valence-electron chi connectivity index (χ4n) is 1.34. The first kappa shape index (κ1) is 14.9. The third-order valence-corrected chi connectivity index (χ3v) is 2.49. The van der Waals surface area contributed by atoms with Crippen LogP contribution in [0, 0.1) is 10.1 Å². The molecule has 0 aliphatic heterocycles. The van der Waals surface area contributed by atoms with Gasteiger partial charge in [0.1, 0.15) is 0 Å². The van der Waals surface area contributed by atoms with E-state index in [-0.39, 0.29) is 42.5 Å². The Morgan fingerprint density at radius 3 is 2.74 bits per heavy atom. The van der Waals surface area contributed by atoms with Gasteiger partial charge < -0.3 is 21.5 Å². The monoisotopic (exact) mass is 270 g/mol. The van der Waals surface area contributed by atoms with E-state index in [1.807, 2.05) is 13.8 Å². The Hall–Kier alpha value is -2.16. The van der Waals surface area contributed by atoms with E-state index in [0.717, 1.165) is 6.42 Å². The number of anilines is 3. The fraction of sp³-hybridized carbons (Fsp3) is 0.600. The zero-order valence-electron chi connectivity index (χ0n) is 10.9. The van der Waals surface area contributed by atoms with Crippen molar-refractivity contribution in [2.75, 3.05) is 29.5 Å². The standard InChI is InChI=1S/C10H18N6O3/c1-3-6(2)13-10-14-8(11)7(16(18)19)9(15-10)12-4-5-17/h6,17H,3-5H2,1-2H3,(H4,11,12,13,14,15)/t6-/m1/s1. The van der Waals surface area contributed by atoms with Gasteiger partial charge in [0.15, 0.2) is 0 Å². The van der Waals surface area contributed by atoms with Gasteiger partial charge in [-0.25, -0.2) is 0 Å². The van der Waals surface area contributed by atoms with Crippen LogP contribution in [0.1, 0.15) is 20.3 Å². The first-order valence-corrected chi connectivity index (χ1v) is 5.92. The number of hydrogen-bond acceptors (Lipinski definition) is 8. The quantitative estimate of drug-likeness (QED) is 0.416. The highest BCUT2D eigenvalue weighted by atomic mass is 16.6. The predicted molar refractivity (Wildman–Crippen MR) is 72.1 cm³/mol. The molecule has 1 heterocycles. The van der Waals surface area contributed by atoms with Crippen molar-refractivity contribution in [2.24, 2.45) is 0 Å². The number of aliphatic hydroxyl groups is 1. The van der Waals surface area contributed by atoms with Gasteiger partial charge in [0.25, 0.3) is 0 Å². The van der Waals surface area contributed by atoms with Crippen molar-refractivity contribution < 1.29 is 10.0 Å². The van der Waals surface area contributed by atoms with Crippen LogP contribution in [0.15, 0.2) is 0 Å². The van der Waals surface area contributed by atoms with Crippen molar-refractivity contribution in [3.8, 4) is 0 Å². The maximum Gasteiger partial charge on any atom is 0.353 e. The van der Waals surface area contributed by atoms with Crippen LogP contribution in [0.25, 0.3) is 0 Å². The summed E-state index contributed by atoms with van der Waals surface area (Å²) in [5, 5.41) is 25.3. The van der Waals surface area contributed by atoms with E-state index in [4.69, 9.17) is 10.8 Å². The molecule has 0 aliphatic carbocycles. The third kappa shape index (κ3) is 3.91. The van der Waals surface area contributed by atoms with Gasteiger partial charge in [0.2, 0.25) is 17.6 Å². The number of nitrogens with zero attached hydrogens (tertiary/aromatic N) is 3. The van der Waals surface area contributed by atoms with E-state index < -0.39 is 4.92 Å². The molecule has 0 radical (unpaired) electrons. The van der Waals surface area contributed by atoms with Crippen LogP contribution in [0.4, 0.5) is 23.3 Å². The van der Waals surface area contributed by atoms with Gasteiger partial charge in [0, 0.05) is 12.6 Å². The first-order chi connectivity index (χ1) is 8.99. The highest BCUT2D eigenvalue weighted by molar-refractivity contribution is 5.69. The van der Waals surface area contributed by atoms with Crippen LogP contribution in [0.2, 0.25) is 0 Å². The minimum Gasteiger partial charge on any atom is -0.395 e. The van der Waals surface area contributed by atoms with Gasteiger partial charge in [-0.3, -0.25) is 10.1 Å². The molecule has 1 rings (SSSR count). The van der Waals surface area contributed by atoms with Crippen molar-refractivity contribution in [1.82, 2.24) is 9.97 Å². The van der Waals surface area contributed by atoms with E-state index in [0.29, 0.717) is 0 Å². The van der Waals surface area contributed by atoms with E-state index in [2.05, 4.69) is 20.6 Å². The van der Waals surface area contributed by atoms with Gasteiger partial charge >= 0.3 is 5.69 Å². The average Bonchev–Trinajstić information content (AvgIpc) is 2.34. The number of nitro groups is 1. The summed E-state index contributed by atoms with van der Waals surface area (Å²) in [5.41, 5.74) is 5.19.